The maximum atomic E-state index is 12.0. The van der Waals surface area contributed by atoms with E-state index in [-0.39, 0.29) is 4.75 Å². The maximum Gasteiger partial charge on any atom is 0.0996 e. The Morgan fingerprint density at radius 3 is 2.85 bits per heavy atom. The van der Waals surface area contributed by atoms with Gasteiger partial charge < -0.3 is 4.40 Å². The van der Waals surface area contributed by atoms with E-state index in [9.17, 15) is 4.21 Å². The van der Waals surface area contributed by atoms with Crippen LogP contribution in [-0.2, 0) is 17.5 Å². The van der Waals surface area contributed by atoms with Gasteiger partial charge in [-0.2, -0.15) is 0 Å². The molecule has 0 bridgehead atoms. The molecule has 1 fully saturated rings. The highest BCUT2D eigenvalue weighted by molar-refractivity contribution is 7.84. The van der Waals surface area contributed by atoms with Crippen molar-refractivity contribution in [2.24, 2.45) is 0 Å². The number of fused-ring (bicyclic) bond motifs is 1. The van der Waals surface area contributed by atoms with Crippen molar-refractivity contribution in [1.82, 2.24) is 14.1 Å². The van der Waals surface area contributed by atoms with Crippen LogP contribution < -0.4 is 4.72 Å². The molecule has 3 rings (SSSR count). The Kier molecular flexibility index (Phi) is 3.42. The topological polar surface area (TPSA) is 46.4 Å². The zero-order valence-corrected chi connectivity index (χ0v) is 13.0. The average Bonchev–Trinajstić information content (AvgIpc) is 3.16. The van der Waals surface area contributed by atoms with Crippen LogP contribution in [0.5, 0.6) is 0 Å². The molecule has 0 radical (unpaired) electrons. The molecule has 2 heterocycles. The molecule has 5 heteroatoms. The lowest BCUT2D eigenvalue weighted by atomic mass is 10.1. The molecule has 1 saturated carbocycles. The van der Waals surface area contributed by atoms with Crippen LogP contribution in [0.15, 0.2) is 24.7 Å². The fourth-order valence-electron chi connectivity index (χ4n) is 2.22. The van der Waals surface area contributed by atoms with Crippen molar-refractivity contribution >= 4 is 16.5 Å². The van der Waals surface area contributed by atoms with Crippen LogP contribution in [0.4, 0.5) is 0 Å². The van der Waals surface area contributed by atoms with Crippen molar-refractivity contribution in [3.8, 4) is 0 Å². The molecule has 0 aromatic carbocycles. The van der Waals surface area contributed by atoms with Crippen molar-refractivity contribution < 1.29 is 4.21 Å². The number of hydrogen-bond acceptors (Lipinski definition) is 2. The van der Waals surface area contributed by atoms with Crippen molar-refractivity contribution in [1.29, 1.82) is 0 Å². The smallest absolute Gasteiger partial charge is 0.0996 e. The molecule has 0 amide bonds. The molecule has 0 saturated heterocycles. The van der Waals surface area contributed by atoms with Crippen LogP contribution in [0.3, 0.4) is 0 Å². The van der Waals surface area contributed by atoms with Crippen LogP contribution >= 0.6 is 0 Å². The molecular formula is C15H21N3OS. The normalized spacial score (nSPS) is 17.6. The van der Waals surface area contributed by atoms with E-state index in [0.717, 1.165) is 17.1 Å². The summed E-state index contributed by atoms with van der Waals surface area (Å²) in [6, 6.07) is 4.40. The van der Waals surface area contributed by atoms with Crippen LogP contribution in [0.1, 0.15) is 50.8 Å². The molecule has 4 nitrogen and oxygen atoms in total. The van der Waals surface area contributed by atoms with Crippen molar-refractivity contribution in [2.75, 3.05) is 0 Å². The average molecular weight is 291 g/mol. The standard InChI is InChI=1S/C15H21N3OS/c1-15(2,3)20(19)17-9-13-14-8-12(11-4-5-11)6-7-18(14)10-16-13/h6-8,10-11,17H,4-5,9H2,1-3H3. The fraction of sp³-hybridized carbons (Fsp3) is 0.533. The number of nitrogens with one attached hydrogen (secondary N) is 1. The monoisotopic (exact) mass is 291 g/mol. The lowest BCUT2D eigenvalue weighted by Gasteiger charge is -2.17. The molecule has 2 aromatic heterocycles. The predicted octanol–water partition coefficient (Wildman–Crippen LogP) is 2.76. The number of nitrogens with zero attached hydrogens (tertiary/aromatic N) is 2. The van der Waals surface area contributed by atoms with Gasteiger partial charge in [0.2, 0.25) is 0 Å². The van der Waals surface area contributed by atoms with Gasteiger partial charge in [-0.05, 0) is 57.2 Å². The minimum absolute atomic E-state index is 0.255. The third-order valence-corrected chi connectivity index (χ3v) is 5.14. The van der Waals surface area contributed by atoms with Crippen LogP contribution in [-0.4, -0.2) is 18.3 Å². The minimum Gasteiger partial charge on any atom is -0.306 e. The summed E-state index contributed by atoms with van der Waals surface area (Å²) in [6.07, 6.45) is 6.49. The number of rotatable bonds is 4. The van der Waals surface area contributed by atoms with Crippen LogP contribution in [0.25, 0.3) is 5.52 Å². The van der Waals surface area contributed by atoms with E-state index in [1.165, 1.54) is 18.4 Å². The van der Waals surface area contributed by atoms with Crippen molar-refractivity contribution in [2.45, 2.75) is 50.8 Å². The first-order valence-corrected chi connectivity index (χ1v) is 8.21. The molecule has 1 aliphatic carbocycles. The van der Waals surface area contributed by atoms with Gasteiger partial charge in [-0.3, -0.25) is 0 Å². The quantitative estimate of drug-likeness (QED) is 0.941. The largest absolute Gasteiger partial charge is 0.306 e. The molecule has 1 aliphatic rings. The third-order valence-electron chi connectivity index (χ3n) is 3.62. The SMILES string of the molecule is CC(C)(C)S(=O)NCc1ncn2ccc(C3CC3)cc12. The Labute approximate surface area is 122 Å². The predicted molar refractivity (Wildman–Crippen MR) is 81.9 cm³/mol. The van der Waals surface area contributed by atoms with E-state index in [1.807, 2.05) is 31.5 Å². The molecule has 108 valence electrons. The summed E-state index contributed by atoms with van der Waals surface area (Å²) >= 11 is 0. The molecule has 2 aromatic rings. The Morgan fingerprint density at radius 2 is 2.20 bits per heavy atom. The van der Waals surface area contributed by atoms with E-state index >= 15 is 0 Å². The lowest BCUT2D eigenvalue weighted by molar-refractivity contribution is 0.634. The zero-order valence-electron chi connectivity index (χ0n) is 12.2. The van der Waals surface area contributed by atoms with Crippen LogP contribution in [0.2, 0.25) is 0 Å². The Bertz CT molecular complexity index is 653. The van der Waals surface area contributed by atoms with E-state index in [4.69, 9.17) is 0 Å². The third kappa shape index (κ3) is 2.79. The summed E-state index contributed by atoms with van der Waals surface area (Å²) in [5.41, 5.74) is 3.48. The first-order valence-electron chi connectivity index (χ1n) is 7.06. The minimum atomic E-state index is -1.07. The van der Waals surface area contributed by atoms with Gasteiger partial charge in [0, 0.05) is 6.20 Å². The summed E-state index contributed by atoms with van der Waals surface area (Å²) < 4.78 is 16.9. The highest BCUT2D eigenvalue weighted by Gasteiger charge is 2.24. The fourth-order valence-corrected chi connectivity index (χ4v) is 2.92. The molecule has 0 spiro atoms. The first kappa shape index (κ1) is 13.8. The first-order chi connectivity index (χ1) is 9.45. The zero-order chi connectivity index (χ0) is 14.3. The lowest BCUT2D eigenvalue weighted by Crippen LogP contribution is -2.33. The Hall–Kier alpha value is -1.20. The molecule has 20 heavy (non-hydrogen) atoms. The molecule has 0 aliphatic heterocycles. The van der Waals surface area contributed by atoms with Crippen molar-refractivity contribution in [3.05, 3.63) is 35.9 Å². The van der Waals surface area contributed by atoms with Gasteiger partial charge in [0.1, 0.15) is 0 Å². The van der Waals surface area contributed by atoms with Gasteiger partial charge >= 0.3 is 0 Å². The number of pyridine rings is 1. The number of aromatic nitrogens is 2. The second-order valence-corrected chi connectivity index (χ2v) is 8.47. The Morgan fingerprint density at radius 1 is 1.45 bits per heavy atom. The second kappa shape index (κ2) is 4.97. The summed E-state index contributed by atoms with van der Waals surface area (Å²) in [4.78, 5) is 4.44. The van der Waals surface area contributed by atoms with E-state index in [1.54, 1.807) is 0 Å². The molecular weight excluding hydrogens is 270 g/mol. The summed E-state index contributed by atoms with van der Waals surface area (Å²) in [5, 5.41) is 0. The van der Waals surface area contributed by atoms with Gasteiger partial charge in [-0.25, -0.2) is 13.9 Å². The maximum absolute atomic E-state index is 12.0. The highest BCUT2D eigenvalue weighted by Crippen LogP contribution is 2.40. The van der Waals surface area contributed by atoms with E-state index in [2.05, 4.69) is 28.0 Å². The molecule has 1 N–H and O–H groups in total. The molecule has 1 atom stereocenters. The summed E-state index contributed by atoms with van der Waals surface area (Å²) in [5.74, 6) is 0.736. The Balaban J connectivity index is 1.81. The summed E-state index contributed by atoms with van der Waals surface area (Å²) in [7, 11) is -1.07. The van der Waals surface area contributed by atoms with Gasteiger partial charge in [0.25, 0.3) is 0 Å². The van der Waals surface area contributed by atoms with E-state index in [0.29, 0.717) is 6.54 Å². The number of imidazole rings is 1. The van der Waals surface area contributed by atoms with Crippen LogP contribution in [0, 0.1) is 0 Å². The summed E-state index contributed by atoms with van der Waals surface area (Å²) in [6.45, 7) is 6.43. The van der Waals surface area contributed by atoms with Crippen molar-refractivity contribution in [3.63, 3.8) is 0 Å². The van der Waals surface area contributed by atoms with E-state index < -0.39 is 11.0 Å². The van der Waals surface area contributed by atoms with Gasteiger partial charge in [0.05, 0.1) is 39.8 Å². The highest BCUT2D eigenvalue weighted by atomic mass is 32.2. The second-order valence-electron chi connectivity index (χ2n) is 6.42. The number of hydrogen-bond donors (Lipinski definition) is 1. The van der Waals surface area contributed by atoms with Gasteiger partial charge in [0.15, 0.2) is 0 Å². The molecule has 1 unspecified atom stereocenters. The van der Waals surface area contributed by atoms with Gasteiger partial charge in [-0.15, -0.1) is 0 Å². The van der Waals surface area contributed by atoms with Gasteiger partial charge in [-0.1, -0.05) is 0 Å².